The van der Waals surface area contributed by atoms with Gasteiger partial charge in [0.05, 0.1) is 0 Å². The van der Waals surface area contributed by atoms with E-state index in [1.54, 1.807) is 13.8 Å². The molecule has 2 unspecified atom stereocenters. The number of aliphatic carboxylic acids is 1. The molecular weight excluding hydrogens is 278 g/mol. The van der Waals surface area contributed by atoms with E-state index >= 15 is 0 Å². The lowest BCUT2D eigenvalue weighted by Crippen LogP contribution is -2.51. The zero-order chi connectivity index (χ0) is 16.4. The largest absolute Gasteiger partial charge is 0.481 e. The first-order valence-corrected chi connectivity index (χ1v) is 6.87. The van der Waals surface area contributed by atoms with Gasteiger partial charge in [0.1, 0.15) is 12.1 Å². The molecule has 21 heavy (non-hydrogen) atoms. The van der Waals surface area contributed by atoms with Gasteiger partial charge in [-0.2, -0.15) is 0 Å². The molecule has 8 nitrogen and oxygen atoms in total. The fraction of sp³-hybridized carbons (Fsp3) is 0.692. The van der Waals surface area contributed by atoms with E-state index < -0.39 is 29.9 Å². The summed E-state index contributed by atoms with van der Waals surface area (Å²) in [5, 5.41) is 16.0. The van der Waals surface area contributed by atoms with Crippen molar-refractivity contribution in [2.75, 3.05) is 6.54 Å². The number of rotatable bonds is 9. The smallest absolute Gasteiger partial charge is 0.303 e. The normalized spacial score (nSPS) is 12.9. The van der Waals surface area contributed by atoms with E-state index in [1.165, 1.54) is 6.92 Å². The van der Waals surface area contributed by atoms with Crippen LogP contribution >= 0.6 is 0 Å². The quantitative estimate of drug-likeness (QED) is 0.452. The highest BCUT2D eigenvalue weighted by Gasteiger charge is 2.20. The number of hydrogen-bond donors (Lipinski definition) is 4. The van der Waals surface area contributed by atoms with E-state index in [0.29, 0.717) is 6.54 Å². The van der Waals surface area contributed by atoms with Crippen LogP contribution in [0.1, 0.15) is 40.0 Å². The van der Waals surface area contributed by atoms with Crippen LogP contribution in [0.4, 0.5) is 0 Å². The molecule has 0 aliphatic heterocycles. The Bertz CT molecular complexity index is 397. The highest BCUT2D eigenvalue weighted by molar-refractivity contribution is 5.91. The number of likely N-dealkylation sites (N-methyl/N-ethyl adjacent to an activating group) is 1. The van der Waals surface area contributed by atoms with Gasteiger partial charge in [0.25, 0.3) is 0 Å². The second-order valence-electron chi connectivity index (χ2n) is 4.66. The Morgan fingerprint density at radius 3 is 2.05 bits per heavy atom. The molecule has 0 radical (unpaired) electrons. The van der Waals surface area contributed by atoms with Crippen LogP contribution in [0.3, 0.4) is 0 Å². The average molecular weight is 301 g/mol. The molecule has 0 bridgehead atoms. The summed E-state index contributed by atoms with van der Waals surface area (Å²) in [6, 6.07) is -1.48. The van der Waals surface area contributed by atoms with Gasteiger partial charge in [-0.15, -0.1) is 0 Å². The summed E-state index contributed by atoms with van der Waals surface area (Å²) < 4.78 is 0. The van der Waals surface area contributed by atoms with Gasteiger partial charge in [0, 0.05) is 19.4 Å². The molecule has 120 valence electrons. The first-order chi connectivity index (χ1) is 9.77. The molecule has 0 aromatic rings. The van der Waals surface area contributed by atoms with Crippen LogP contribution in [-0.4, -0.2) is 47.4 Å². The minimum atomic E-state index is -0.968. The molecule has 0 aromatic heterocycles. The second kappa shape index (κ2) is 9.73. The first-order valence-electron chi connectivity index (χ1n) is 6.87. The highest BCUT2D eigenvalue weighted by Crippen LogP contribution is 1.96. The van der Waals surface area contributed by atoms with Crippen LogP contribution in [0.25, 0.3) is 0 Å². The van der Waals surface area contributed by atoms with Crippen molar-refractivity contribution in [3.8, 4) is 0 Å². The van der Waals surface area contributed by atoms with Crippen LogP contribution < -0.4 is 16.0 Å². The summed E-state index contributed by atoms with van der Waals surface area (Å²) in [5.74, 6) is -2.14. The zero-order valence-corrected chi connectivity index (χ0v) is 12.6. The van der Waals surface area contributed by atoms with Crippen molar-refractivity contribution in [1.82, 2.24) is 16.0 Å². The summed E-state index contributed by atoms with van der Waals surface area (Å²) in [7, 11) is 0. The third kappa shape index (κ3) is 8.61. The molecule has 0 saturated carbocycles. The third-order valence-corrected chi connectivity index (χ3v) is 2.67. The van der Waals surface area contributed by atoms with Crippen molar-refractivity contribution in [2.45, 2.75) is 52.1 Å². The molecule has 0 rings (SSSR count). The third-order valence-electron chi connectivity index (χ3n) is 2.67. The fourth-order valence-corrected chi connectivity index (χ4v) is 1.51. The topological polar surface area (TPSA) is 125 Å². The molecule has 8 heteroatoms. The molecule has 0 spiro atoms. The van der Waals surface area contributed by atoms with Crippen molar-refractivity contribution < 1.29 is 24.3 Å². The maximum absolute atomic E-state index is 11.8. The Kier molecular flexibility index (Phi) is 8.75. The van der Waals surface area contributed by atoms with Crippen LogP contribution in [0.5, 0.6) is 0 Å². The van der Waals surface area contributed by atoms with Crippen LogP contribution in [0.15, 0.2) is 0 Å². The number of amides is 3. The first kappa shape index (κ1) is 18.9. The molecule has 0 aliphatic rings. The van der Waals surface area contributed by atoms with Crippen LogP contribution in [0, 0.1) is 0 Å². The molecule has 0 aromatic carbocycles. The van der Waals surface area contributed by atoms with Crippen molar-refractivity contribution in [2.24, 2.45) is 0 Å². The standard InChI is InChI=1S/C13H23N3O5/c1-4-14-12(20)8(2)16-13(21)9(3)15-10(17)6-5-7-11(18)19/h8-9H,4-7H2,1-3H3,(H,14,20)(H,15,17)(H,16,21)(H,18,19). The SMILES string of the molecule is CCNC(=O)C(C)NC(=O)C(C)NC(=O)CCCC(=O)O. The Labute approximate surface area is 123 Å². The second-order valence-corrected chi connectivity index (χ2v) is 4.66. The number of carboxylic acids is 1. The maximum Gasteiger partial charge on any atom is 0.303 e. The van der Waals surface area contributed by atoms with Gasteiger partial charge >= 0.3 is 5.97 Å². The van der Waals surface area contributed by atoms with Crippen molar-refractivity contribution >= 4 is 23.7 Å². The molecule has 0 heterocycles. The lowest BCUT2D eigenvalue weighted by molar-refractivity contribution is -0.137. The molecule has 0 saturated heterocycles. The Balaban J connectivity index is 4.11. The van der Waals surface area contributed by atoms with Crippen LogP contribution in [0.2, 0.25) is 0 Å². The van der Waals surface area contributed by atoms with Gasteiger partial charge in [0.15, 0.2) is 0 Å². The lowest BCUT2D eigenvalue weighted by atomic mass is 10.2. The number of carbonyl (C=O) groups is 4. The summed E-state index contributed by atoms with van der Waals surface area (Å²) in [6.07, 6.45) is 0.156. The summed E-state index contributed by atoms with van der Waals surface area (Å²) in [4.78, 5) is 45.1. The molecule has 3 amide bonds. The minimum Gasteiger partial charge on any atom is -0.481 e. The van der Waals surface area contributed by atoms with E-state index in [0.717, 1.165) is 0 Å². The predicted octanol–water partition coefficient (Wildman–Crippen LogP) is -0.613. The Hall–Kier alpha value is -2.12. The van der Waals surface area contributed by atoms with Gasteiger partial charge in [0.2, 0.25) is 17.7 Å². The average Bonchev–Trinajstić information content (AvgIpc) is 2.38. The van der Waals surface area contributed by atoms with Crippen molar-refractivity contribution in [3.63, 3.8) is 0 Å². The highest BCUT2D eigenvalue weighted by atomic mass is 16.4. The molecular formula is C13H23N3O5. The van der Waals surface area contributed by atoms with Gasteiger partial charge in [-0.3, -0.25) is 19.2 Å². The van der Waals surface area contributed by atoms with E-state index in [9.17, 15) is 19.2 Å². The van der Waals surface area contributed by atoms with Gasteiger partial charge < -0.3 is 21.1 Å². The molecule has 0 fully saturated rings. The monoisotopic (exact) mass is 301 g/mol. The molecule has 2 atom stereocenters. The van der Waals surface area contributed by atoms with E-state index in [1.807, 2.05) is 0 Å². The Morgan fingerprint density at radius 2 is 1.52 bits per heavy atom. The van der Waals surface area contributed by atoms with E-state index in [2.05, 4.69) is 16.0 Å². The van der Waals surface area contributed by atoms with Crippen LogP contribution in [-0.2, 0) is 19.2 Å². The predicted molar refractivity (Wildman–Crippen MR) is 75.4 cm³/mol. The number of nitrogens with one attached hydrogen (secondary N) is 3. The maximum atomic E-state index is 11.8. The summed E-state index contributed by atoms with van der Waals surface area (Å²) in [5.41, 5.74) is 0. The number of hydrogen-bond acceptors (Lipinski definition) is 4. The Morgan fingerprint density at radius 1 is 0.952 bits per heavy atom. The van der Waals surface area contributed by atoms with Gasteiger partial charge in [-0.25, -0.2) is 0 Å². The fourth-order valence-electron chi connectivity index (χ4n) is 1.51. The van der Waals surface area contributed by atoms with E-state index in [-0.39, 0.29) is 25.2 Å². The number of carboxylic acid groups (broad SMARTS) is 1. The van der Waals surface area contributed by atoms with E-state index in [4.69, 9.17) is 5.11 Å². The molecule has 4 N–H and O–H groups in total. The van der Waals surface area contributed by atoms with Gasteiger partial charge in [-0.1, -0.05) is 0 Å². The van der Waals surface area contributed by atoms with Gasteiger partial charge in [-0.05, 0) is 27.2 Å². The number of carbonyl (C=O) groups excluding carboxylic acids is 3. The summed E-state index contributed by atoms with van der Waals surface area (Å²) in [6.45, 7) is 5.28. The molecule has 0 aliphatic carbocycles. The van der Waals surface area contributed by atoms with Crippen molar-refractivity contribution in [3.05, 3.63) is 0 Å². The lowest BCUT2D eigenvalue weighted by Gasteiger charge is -2.18. The zero-order valence-electron chi connectivity index (χ0n) is 12.6. The van der Waals surface area contributed by atoms with Crippen molar-refractivity contribution in [1.29, 1.82) is 0 Å². The summed E-state index contributed by atoms with van der Waals surface area (Å²) >= 11 is 0. The minimum absolute atomic E-state index is 0.0375.